The van der Waals surface area contributed by atoms with Crippen molar-refractivity contribution < 1.29 is 17.9 Å². The topological polar surface area (TPSA) is 9.23 Å². The zero-order valence-electron chi connectivity index (χ0n) is 19.0. The summed E-state index contributed by atoms with van der Waals surface area (Å²) in [5, 5.41) is 4.47. The van der Waals surface area contributed by atoms with Crippen molar-refractivity contribution >= 4 is 27.1 Å². The molecule has 1 unspecified atom stereocenters. The van der Waals surface area contributed by atoms with E-state index in [0.717, 1.165) is 45.5 Å². The van der Waals surface area contributed by atoms with E-state index >= 15 is 0 Å². The van der Waals surface area contributed by atoms with Crippen LogP contribution in [-0.4, -0.2) is 6.36 Å². The molecule has 6 rings (SSSR count). The smallest absolute Gasteiger partial charge is 0.406 e. The van der Waals surface area contributed by atoms with Crippen LogP contribution in [0.3, 0.4) is 0 Å². The van der Waals surface area contributed by atoms with E-state index in [1.807, 2.05) is 12.1 Å². The van der Waals surface area contributed by atoms with Crippen molar-refractivity contribution in [1.29, 1.82) is 0 Å². The van der Waals surface area contributed by atoms with Crippen molar-refractivity contribution in [3.05, 3.63) is 108 Å². The van der Waals surface area contributed by atoms with Gasteiger partial charge in [0.15, 0.2) is 0 Å². The van der Waals surface area contributed by atoms with Crippen molar-refractivity contribution in [2.75, 3.05) is 0 Å². The first-order valence-corrected chi connectivity index (χ1v) is 11.9. The van der Waals surface area contributed by atoms with Gasteiger partial charge in [0.1, 0.15) is 5.75 Å². The summed E-state index contributed by atoms with van der Waals surface area (Å²) in [5.74, 6) is 0.320. The monoisotopic (exact) mass is 468 g/mol. The van der Waals surface area contributed by atoms with Gasteiger partial charge in [-0.25, -0.2) is 0 Å². The molecule has 0 bridgehead atoms. The van der Waals surface area contributed by atoms with Gasteiger partial charge < -0.3 is 4.74 Å². The van der Waals surface area contributed by atoms with Crippen LogP contribution in [0, 0.1) is 5.92 Å². The minimum atomic E-state index is -4.71. The zero-order chi connectivity index (χ0) is 24.0. The molecular weight excluding hydrogens is 445 g/mol. The Morgan fingerprint density at radius 1 is 0.743 bits per heavy atom. The second-order valence-corrected chi connectivity index (χ2v) is 9.09. The van der Waals surface area contributed by atoms with Gasteiger partial charge in [0.25, 0.3) is 0 Å². The molecule has 2 aliphatic rings. The maximum Gasteiger partial charge on any atom is 0.573 e. The minimum Gasteiger partial charge on any atom is -0.406 e. The minimum absolute atomic E-state index is 0.220. The van der Waals surface area contributed by atoms with Gasteiger partial charge in [0, 0.05) is 0 Å². The lowest BCUT2D eigenvalue weighted by Crippen LogP contribution is -2.16. The molecule has 2 aliphatic carbocycles. The highest BCUT2D eigenvalue weighted by atomic mass is 19.4. The van der Waals surface area contributed by atoms with Crippen molar-refractivity contribution in [2.45, 2.75) is 25.6 Å². The van der Waals surface area contributed by atoms with E-state index < -0.39 is 6.36 Å². The normalized spacial score (nSPS) is 17.7. The SMILES string of the molecule is FC(F)(F)Oc1ccc(-c2c3ccccc3c(C3=CCCC4CC=CC=C34)c3ccccc23)cc1. The molecule has 0 heterocycles. The van der Waals surface area contributed by atoms with Crippen LogP contribution < -0.4 is 4.74 Å². The standard InChI is InChI=1S/C31H23F3O/c32-31(33,34)35-22-18-16-21(17-19-22)29-25-11-3-5-13-27(25)30(28-14-6-4-12-26(28)29)24-15-7-9-20-8-1-2-10-23(20)24/h1-6,10-20H,7-9H2. The summed E-state index contributed by atoms with van der Waals surface area (Å²) in [4.78, 5) is 0. The molecule has 0 fully saturated rings. The Kier molecular flexibility index (Phi) is 5.25. The van der Waals surface area contributed by atoms with E-state index in [1.54, 1.807) is 12.1 Å². The van der Waals surface area contributed by atoms with Gasteiger partial charge in [-0.3, -0.25) is 0 Å². The first-order chi connectivity index (χ1) is 17.0. The van der Waals surface area contributed by atoms with Gasteiger partial charge in [0.05, 0.1) is 0 Å². The van der Waals surface area contributed by atoms with E-state index in [4.69, 9.17) is 0 Å². The van der Waals surface area contributed by atoms with Gasteiger partial charge in [-0.1, -0.05) is 85.0 Å². The second kappa shape index (κ2) is 8.46. The largest absolute Gasteiger partial charge is 0.573 e. The molecule has 0 aromatic heterocycles. The van der Waals surface area contributed by atoms with Crippen molar-refractivity contribution in [1.82, 2.24) is 0 Å². The number of ether oxygens (including phenoxy) is 1. The highest BCUT2D eigenvalue weighted by molar-refractivity contribution is 6.20. The third-order valence-corrected chi connectivity index (χ3v) is 7.02. The van der Waals surface area contributed by atoms with E-state index in [0.29, 0.717) is 5.92 Å². The maximum absolute atomic E-state index is 12.7. The Labute approximate surface area is 201 Å². The molecule has 35 heavy (non-hydrogen) atoms. The Morgan fingerprint density at radius 2 is 1.34 bits per heavy atom. The Morgan fingerprint density at radius 3 is 1.94 bits per heavy atom. The van der Waals surface area contributed by atoms with Crippen molar-refractivity contribution in [3.63, 3.8) is 0 Å². The maximum atomic E-state index is 12.7. The van der Waals surface area contributed by atoms with Crippen LogP contribution in [-0.2, 0) is 0 Å². The van der Waals surface area contributed by atoms with E-state index in [-0.39, 0.29) is 5.75 Å². The number of allylic oxidation sites excluding steroid dienone is 6. The number of halogens is 3. The van der Waals surface area contributed by atoms with Gasteiger partial charge in [-0.15, -0.1) is 13.2 Å². The van der Waals surface area contributed by atoms with Crippen LogP contribution in [0.25, 0.3) is 38.2 Å². The number of hydrogen-bond acceptors (Lipinski definition) is 1. The molecule has 174 valence electrons. The molecule has 0 aliphatic heterocycles. The third kappa shape index (κ3) is 3.93. The van der Waals surface area contributed by atoms with Crippen LogP contribution in [0.15, 0.2) is 103 Å². The molecule has 0 spiro atoms. The van der Waals surface area contributed by atoms with Gasteiger partial charge in [-0.2, -0.15) is 0 Å². The van der Waals surface area contributed by atoms with E-state index in [9.17, 15) is 13.2 Å². The number of hydrogen-bond donors (Lipinski definition) is 0. The molecule has 0 amide bonds. The Balaban J connectivity index is 1.61. The lowest BCUT2D eigenvalue weighted by atomic mass is 9.74. The highest BCUT2D eigenvalue weighted by Crippen LogP contribution is 2.47. The molecule has 4 aromatic carbocycles. The molecule has 0 saturated heterocycles. The number of benzene rings is 4. The van der Waals surface area contributed by atoms with Crippen molar-refractivity contribution in [3.8, 4) is 16.9 Å². The van der Waals surface area contributed by atoms with E-state index in [1.165, 1.54) is 35.3 Å². The van der Waals surface area contributed by atoms with Gasteiger partial charge in [0.2, 0.25) is 0 Å². The van der Waals surface area contributed by atoms with Gasteiger partial charge >= 0.3 is 6.36 Å². The molecule has 0 saturated carbocycles. The Hall–Kier alpha value is -3.79. The Bertz CT molecular complexity index is 1460. The van der Waals surface area contributed by atoms with Crippen LogP contribution >= 0.6 is 0 Å². The predicted octanol–water partition coefficient (Wildman–Crippen LogP) is 9.24. The summed E-state index contributed by atoms with van der Waals surface area (Å²) >= 11 is 0. The van der Waals surface area contributed by atoms with Gasteiger partial charge in [-0.05, 0) is 86.7 Å². The summed E-state index contributed by atoms with van der Waals surface area (Å²) in [5.41, 5.74) is 5.81. The summed E-state index contributed by atoms with van der Waals surface area (Å²) in [6.07, 6.45) is 7.63. The molecule has 0 radical (unpaired) electrons. The first-order valence-electron chi connectivity index (χ1n) is 11.9. The summed E-state index contributed by atoms with van der Waals surface area (Å²) in [6.45, 7) is 0. The average Bonchev–Trinajstić information content (AvgIpc) is 2.87. The van der Waals surface area contributed by atoms with Crippen LogP contribution in [0.5, 0.6) is 5.75 Å². The summed E-state index contributed by atoms with van der Waals surface area (Å²) in [6, 6.07) is 22.9. The fourth-order valence-electron chi connectivity index (χ4n) is 5.61. The molecular formula is C31H23F3O. The fraction of sp³-hybridized carbons (Fsp3) is 0.161. The lowest BCUT2D eigenvalue weighted by molar-refractivity contribution is -0.274. The summed E-state index contributed by atoms with van der Waals surface area (Å²) < 4.78 is 42.2. The quantitative estimate of drug-likeness (QED) is 0.272. The molecule has 4 aromatic rings. The molecule has 1 atom stereocenters. The highest BCUT2D eigenvalue weighted by Gasteiger charge is 2.31. The van der Waals surface area contributed by atoms with Crippen LogP contribution in [0.2, 0.25) is 0 Å². The number of alkyl halides is 3. The summed E-state index contributed by atoms with van der Waals surface area (Å²) in [7, 11) is 0. The lowest BCUT2D eigenvalue weighted by Gasteiger charge is -2.29. The zero-order valence-corrected chi connectivity index (χ0v) is 19.0. The van der Waals surface area contributed by atoms with Crippen LogP contribution in [0.4, 0.5) is 13.2 Å². The van der Waals surface area contributed by atoms with Crippen molar-refractivity contribution in [2.24, 2.45) is 5.92 Å². The molecule has 4 heteroatoms. The first kappa shape index (κ1) is 21.7. The molecule has 0 N–H and O–H groups in total. The predicted molar refractivity (Wildman–Crippen MR) is 136 cm³/mol. The average molecular weight is 469 g/mol. The number of fused-ring (bicyclic) bond motifs is 3. The molecule has 1 nitrogen and oxygen atoms in total. The van der Waals surface area contributed by atoms with E-state index in [2.05, 4.69) is 65.4 Å². The van der Waals surface area contributed by atoms with Crippen LogP contribution in [0.1, 0.15) is 24.8 Å². The second-order valence-electron chi connectivity index (χ2n) is 9.09. The third-order valence-electron chi connectivity index (χ3n) is 7.02. The fourth-order valence-corrected chi connectivity index (χ4v) is 5.61. The number of rotatable bonds is 3.